The van der Waals surface area contributed by atoms with E-state index in [1.54, 1.807) is 11.9 Å². The van der Waals surface area contributed by atoms with E-state index in [4.69, 9.17) is 5.26 Å². The monoisotopic (exact) mass is 253 g/mol. The summed E-state index contributed by atoms with van der Waals surface area (Å²) in [6, 6.07) is 1.81. The number of likely N-dealkylation sites (N-methyl/N-ethyl adjacent to an activating group) is 1. The summed E-state index contributed by atoms with van der Waals surface area (Å²) >= 11 is 0. The molecule has 1 fully saturated rings. The summed E-state index contributed by atoms with van der Waals surface area (Å²) in [7, 11) is 1.72. The first-order valence-electron chi connectivity index (χ1n) is 6.51. The largest absolute Gasteiger partial charge is 0.392 e. The topological polar surface area (TPSA) is 67.6 Å². The predicted molar refractivity (Wildman–Crippen MR) is 68.7 cm³/mol. The second-order valence-electron chi connectivity index (χ2n) is 5.17. The zero-order valence-electron chi connectivity index (χ0n) is 11.5. The Morgan fingerprint density at radius 3 is 2.89 bits per heavy atom. The van der Waals surface area contributed by atoms with Crippen molar-refractivity contribution in [1.29, 1.82) is 5.26 Å². The van der Waals surface area contributed by atoms with Gasteiger partial charge in [-0.3, -0.25) is 9.69 Å². The van der Waals surface area contributed by atoms with Gasteiger partial charge in [-0.05, 0) is 25.8 Å². The second-order valence-corrected chi connectivity index (χ2v) is 5.17. The van der Waals surface area contributed by atoms with Gasteiger partial charge in [-0.15, -0.1) is 0 Å². The zero-order chi connectivity index (χ0) is 13.7. The van der Waals surface area contributed by atoms with Crippen LogP contribution in [0.3, 0.4) is 0 Å². The number of piperidine rings is 1. The minimum Gasteiger partial charge on any atom is -0.392 e. The summed E-state index contributed by atoms with van der Waals surface area (Å²) in [5.41, 5.74) is 0. The average molecular weight is 253 g/mol. The normalized spacial score (nSPS) is 26.4. The van der Waals surface area contributed by atoms with Gasteiger partial charge in [-0.25, -0.2) is 0 Å². The highest BCUT2D eigenvalue weighted by Crippen LogP contribution is 2.19. The Bertz CT molecular complexity index is 327. The average Bonchev–Trinajstić information content (AvgIpc) is 2.37. The third kappa shape index (κ3) is 3.69. The molecule has 0 saturated carbocycles. The summed E-state index contributed by atoms with van der Waals surface area (Å²) < 4.78 is 0. The van der Waals surface area contributed by atoms with E-state index in [1.807, 2.05) is 24.8 Å². The van der Waals surface area contributed by atoms with Crippen molar-refractivity contribution in [2.24, 2.45) is 5.92 Å². The number of carbonyl (C=O) groups is 1. The Balaban J connectivity index is 2.51. The van der Waals surface area contributed by atoms with Crippen LogP contribution in [0, 0.1) is 17.2 Å². The smallest absolute Gasteiger partial charge is 0.239 e. The molecule has 0 bridgehead atoms. The van der Waals surface area contributed by atoms with E-state index >= 15 is 0 Å². The van der Waals surface area contributed by atoms with Gasteiger partial charge in [0.25, 0.3) is 0 Å². The fourth-order valence-electron chi connectivity index (χ4n) is 2.23. The van der Waals surface area contributed by atoms with Crippen molar-refractivity contribution in [3.8, 4) is 6.07 Å². The molecule has 5 nitrogen and oxygen atoms in total. The van der Waals surface area contributed by atoms with Crippen LogP contribution in [0.4, 0.5) is 0 Å². The molecule has 5 heteroatoms. The summed E-state index contributed by atoms with van der Waals surface area (Å²) in [4.78, 5) is 15.7. The summed E-state index contributed by atoms with van der Waals surface area (Å²) in [6.07, 6.45) is 0.924. The number of nitrogens with zero attached hydrogens (tertiary/aromatic N) is 3. The number of hydrogen-bond donors (Lipinski definition) is 1. The van der Waals surface area contributed by atoms with Gasteiger partial charge in [0.05, 0.1) is 24.6 Å². The minimum atomic E-state index is -0.349. The molecule has 1 rings (SSSR count). The maximum atomic E-state index is 12.1. The molecule has 3 atom stereocenters. The number of likely N-dealkylation sites (tertiary alicyclic amines) is 1. The van der Waals surface area contributed by atoms with Gasteiger partial charge >= 0.3 is 0 Å². The molecule has 1 amide bonds. The molecule has 1 aliphatic rings. The third-order valence-corrected chi connectivity index (χ3v) is 3.79. The molecule has 0 aromatic carbocycles. The van der Waals surface area contributed by atoms with Gasteiger partial charge in [0.2, 0.25) is 5.91 Å². The van der Waals surface area contributed by atoms with E-state index in [0.29, 0.717) is 25.4 Å². The van der Waals surface area contributed by atoms with Crippen LogP contribution in [-0.4, -0.2) is 59.6 Å². The lowest BCUT2D eigenvalue weighted by molar-refractivity contribution is -0.136. The van der Waals surface area contributed by atoms with Crippen molar-refractivity contribution >= 4 is 5.91 Å². The third-order valence-electron chi connectivity index (χ3n) is 3.79. The lowest BCUT2D eigenvalue weighted by atomic mass is 9.95. The quantitative estimate of drug-likeness (QED) is 0.790. The van der Waals surface area contributed by atoms with Crippen LogP contribution in [0.2, 0.25) is 0 Å². The molecule has 0 aromatic heterocycles. The highest BCUT2D eigenvalue weighted by molar-refractivity contribution is 5.81. The predicted octanol–water partition coefficient (Wildman–Crippen LogP) is 0.450. The Labute approximate surface area is 109 Å². The van der Waals surface area contributed by atoms with E-state index in [0.717, 1.165) is 13.0 Å². The van der Waals surface area contributed by atoms with Crippen LogP contribution in [0.1, 0.15) is 26.7 Å². The second kappa shape index (κ2) is 6.72. The number of carbonyl (C=O) groups excluding carboxylic acids is 1. The Kier molecular flexibility index (Phi) is 5.57. The van der Waals surface area contributed by atoms with E-state index in [2.05, 4.69) is 0 Å². The number of nitriles is 1. The van der Waals surface area contributed by atoms with Gasteiger partial charge in [-0.2, -0.15) is 5.26 Å². The Morgan fingerprint density at radius 2 is 2.33 bits per heavy atom. The molecular formula is C13H23N3O2. The molecule has 3 unspecified atom stereocenters. The molecule has 1 heterocycles. The van der Waals surface area contributed by atoms with Crippen molar-refractivity contribution < 1.29 is 9.90 Å². The summed E-state index contributed by atoms with van der Waals surface area (Å²) in [5.74, 6) is 0.326. The first-order chi connectivity index (χ1) is 8.47. The number of aliphatic hydroxyl groups excluding tert-OH is 1. The fraction of sp³-hybridized carbons (Fsp3) is 0.846. The van der Waals surface area contributed by atoms with Gasteiger partial charge in [-0.1, -0.05) is 6.92 Å². The van der Waals surface area contributed by atoms with Crippen LogP contribution < -0.4 is 0 Å². The van der Waals surface area contributed by atoms with Gasteiger partial charge < -0.3 is 10.0 Å². The molecule has 18 heavy (non-hydrogen) atoms. The van der Waals surface area contributed by atoms with Crippen LogP contribution in [0.25, 0.3) is 0 Å². The van der Waals surface area contributed by atoms with Crippen molar-refractivity contribution in [2.75, 3.05) is 26.7 Å². The SMILES string of the molecule is CC1CCN(C(C)C(=O)N(C)CCC#N)CC1O. The first-order valence-corrected chi connectivity index (χ1v) is 6.51. The highest BCUT2D eigenvalue weighted by Gasteiger charge is 2.31. The maximum Gasteiger partial charge on any atom is 0.239 e. The van der Waals surface area contributed by atoms with Gasteiger partial charge in [0.15, 0.2) is 0 Å². The lowest BCUT2D eigenvalue weighted by Crippen LogP contribution is -2.52. The van der Waals surface area contributed by atoms with Crippen molar-refractivity contribution in [2.45, 2.75) is 38.8 Å². The van der Waals surface area contributed by atoms with Crippen LogP contribution in [0.5, 0.6) is 0 Å². The van der Waals surface area contributed by atoms with Crippen LogP contribution in [-0.2, 0) is 4.79 Å². The molecule has 0 aliphatic carbocycles. The summed E-state index contributed by atoms with van der Waals surface area (Å²) in [5, 5.41) is 18.4. The lowest BCUT2D eigenvalue weighted by Gasteiger charge is -2.38. The number of amides is 1. The molecule has 0 aromatic rings. The van der Waals surface area contributed by atoms with Crippen molar-refractivity contribution in [1.82, 2.24) is 9.80 Å². The number of hydrogen-bond acceptors (Lipinski definition) is 4. The molecule has 0 spiro atoms. The minimum absolute atomic E-state index is 0.0204. The van der Waals surface area contributed by atoms with Gasteiger partial charge in [0.1, 0.15) is 0 Å². The Morgan fingerprint density at radius 1 is 1.67 bits per heavy atom. The fourth-order valence-corrected chi connectivity index (χ4v) is 2.23. The molecule has 0 radical (unpaired) electrons. The zero-order valence-corrected chi connectivity index (χ0v) is 11.5. The standard InChI is InChI=1S/C13H23N3O2/c1-10-5-8-16(9-12(10)17)11(2)13(18)15(3)7-4-6-14/h10-12,17H,4-5,7-9H2,1-3H3. The van der Waals surface area contributed by atoms with E-state index in [-0.39, 0.29) is 18.1 Å². The Hall–Kier alpha value is -1.12. The molecule has 1 saturated heterocycles. The maximum absolute atomic E-state index is 12.1. The van der Waals surface area contributed by atoms with Crippen molar-refractivity contribution in [3.05, 3.63) is 0 Å². The van der Waals surface area contributed by atoms with E-state index in [1.165, 1.54) is 0 Å². The van der Waals surface area contributed by atoms with Crippen molar-refractivity contribution in [3.63, 3.8) is 0 Å². The molecule has 1 aliphatic heterocycles. The summed E-state index contributed by atoms with van der Waals surface area (Å²) in [6.45, 7) is 5.77. The van der Waals surface area contributed by atoms with Crippen LogP contribution in [0.15, 0.2) is 0 Å². The number of aliphatic hydroxyl groups is 1. The van der Waals surface area contributed by atoms with Crippen LogP contribution >= 0.6 is 0 Å². The first kappa shape index (κ1) is 14.9. The molecule has 102 valence electrons. The number of β-amino-alcohol motifs (C(OH)–C–C–N with tert-alkyl or cyclic N) is 1. The van der Waals surface area contributed by atoms with E-state index < -0.39 is 0 Å². The molecular weight excluding hydrogens is 230 g/mol. The number of rotatable bonds is 4. The van der Waals surface area contributed by atoms with E-state index in [9.17, 15) is 9.90 Å². The van der Waals surface area contributed by atoms with Gasteiger partial charge in [0, 0.05) is 20.1 Å². The highest BCUT2D eigenvalue weighted by atomic mass is 16.3. The molecule has 1 N–H and O–H groups in total.